The molecule has 2 aromatic carbocycles. The van der Waals surface area contributed by atoms with Gasteiger partial charge >= 0.3 is 0 Å². The Kier molecular flexibility index (Phi) is 9.15. The van der Waals surface area contributed by atoms with E-state index in [1.165, 1.54) is 0 Å². The van der Waals surface area contributed by atoms with E-state index in [-0.39, 0.29) is 5.91 Å². The lowest BCUT2D eigenvalue weighted by Gasteiger charge is -2.17. The van der Waals surface area contributed by atoms with Crippen molar-refractivity contribution in [3.05, 3.63) is 42.0 Å². The van der Waals surface area contributed by atoms with Gasteiger partial charge in [0, 0.05) is 5.56 Å². The van der Waals surface area contributed by atoms with Crippen molar-refractivity contribution in [3.63, 3.8) is 0 Å². The lowest BCUT2D eigenvalue weighted by atomic mass is 10.1. The molecule has 0 saturated carbocycles. The van der Waals surface area contributed by atoms with Gasteiger partial charge in [0.05, 0.1) is 32.1 Å². The number of rotatable bonds is 12. The standard InChI is InChI=1S/C23H31NO5/c1-5-9-14-29-19-13-11-10-12-18(19)24-23(25)17-15-20(26-6-2)22(28-8-4)21(16-17)27-7-3/h10-13,15-16H,5-9,14H2,1-4H3,(H,24,25). The topological polar surface area (TPSA) is 66.0 Å². The molecule has 0 spiro atoms. The van der Waals surface area contributed by atoms with Crippen LogP contribution in [-0.2, 0) is 0 Å². The van der Waals surface area contributed by atoms with Crippen molar-refractivity contribution in [1.29, 1.82) is 0 Å². The van der Waals surface area contributed by atoms with Crippen LogP contribution < -0.4 is 24.3 Å². The Morgan fingerprint density at radius 3 is 2.03 bits per heavy atom. The molecule has 0 bridgehead atoms. The van der Waals surface area contributed by atoms with Gasteiger partial charge in [0.15, 0.2) is 11.5 Å². The number of para-hydroxylation sites is 2. The van der Waals surface area contributed by atoms with Gasteiger partial charge in [0.2, 0.25) is 5.75 Å². The molecule has 0 fully saturated rings. The minimum absolute atomic E-state index is 0.276. The molecule has 1 amide bonds. The second kappa shape index (κ2) is 11.8. The van der Waals surface area contributed by atoms with E-state index in [0.29, 0.717) is 60.7 Å². The summed E-state index contributed by atoms with van der Waals surface area (Å²) in [5.41, 5.74) is 1.04. The number of benzene rings is 2. The van der Waals surface area contributed by atoms with Crippen molar-refractivity contribution >= 4 is 11.6 Å². The van der Waals surface area contributed by atoms with Gasteiger partial charge in [-0.25, -0.2) is 0 Å². The van der Waals surface area contributed by atoms with Crippen LogP contribution >= 0.6 is 0 Å². The zero-order valence-electron chi connectivity index (χ0n) is 17.7. The molecule has 0 aromatic heterocycles. The summed E-state index contributed by atoms with van der Waals surface area (Å²) in [6, 6.07) is 10.8. The Hall–Kier alpha value is -2.89. The Morgan fingerprint density at radius 2 is 1.45 bits per heavy atom. The first kappa shape index (κ1) is 22.4. The predicted octanol–water partition coefficient (Wildman–Crippen LogP) is 5.31. The molecular formula is C23H31NO5. The summed E-state index contributed by atoms with van der Waals surface area (Å²) in [5, 5.41) is 2.93. The van der Waals surface area contributed by atoms with E-state index in [0.717, 1.165) is 12.8 Å². The van der Waals surface area contributed by atoms with Crippen molar-refractivity contribution in [3.8, 4) is 23.0 Å². The van der Waals surface area contributed by atoms with Crippen LogP contribution in [0.25, 0.3) is 0 Å². The van der Waals surface area contributed by atoms with E-state index in [1.807, 2.05) is 45.0 Å². The summed E-state index contributed by atoms with van der Waals surface area (Å²) in [4.78, 5) is 13.0. The van der Waals surface area contributed by atoms with Gasteiger partial charge in [-0.2, -0.15) is 0 Å². The van der Waals surface area contributed by atoms with Crippen LogP contribution in [0.15, 0.2) is 36.4 Å². The van der Waals surface area contributed by atoms with E-state index in [1.54, 1.807) is 12.1 Å². The molecule has 2 rings (SSSR count). The first-order valence-electron chi connectivity index (χ1n) is 10.2. The van der Waals surface area contributed by atoms with Gasteiger partial charge in [-0.1, -0.05) is 25.5 Å². The van der Waals surface area contributed by atoms with Crippen molar-refractivity contribution in [2.75, 3.05) is 31.7 Å². The molecule has 0 aliphatic heterocycles. The summed E-state index contributed by atoms with van der Waals surface area (Å²) in [6.45, 7) is 9.73. The fraction of sp³-hybridized carbons (Fsp3) is 0.435. The van der Waals surface area contributed by atoms with Gasteiger partial charge in [-0.05, 0) is 51.5 Å². The molecule has 0 atom stereocenters. The number of carbonyl (C=O) groups is 1. The number of carbonyl (C=O) groups excluding carboxylic acids is 1. The highest BCUT2D eigenvalue weighted by atomic mass is 16.5. The number of ether oxygens (including phenoxy) is 4. The summed E-state index contributed by atoms with van der Waals surface area (Å²) < 4.78 is 22.9. The summed E-state index contributed by atoms with van der Waals surface area (Å²) in [6.07, 6.45) is 2.00. The highest BCUT2D eigenvalue weighted by molar-refractivity contribution is 6.05. The third kappa shape index (κ3) is 6.31. The zero-order chi connectivity index (χ0) is 21.1. The van der Waals surface area contributed by atoms with Crippen molar-refractivity contribution in [2.24, 2.45) is 0 Å². The number of nitrogens with one attached hydrogen (secondary N) is 1. The van der Waals surface area contributed by atoms with Crippen LogP contribution in [0, 0.1) is 0 Å². The van der Waals surface area contributed by atoms with Crippen LogP contribution in [0.1, 0.15) is 50.9 Å². The highest BCUT2D eigenvalue weighted by Crippen LogP contribution is 2.39. The number of hydrogen-bond acceptors (Lipinski definition) is 5. The number of hydrogen-bond donors (Lipinski definition) is 1. The highest BCUT2D eigenvalue weighted by Gasteiger charge is 2.19. The van der Waals surface area contributed by atoms with E-state index < -0.39 is 0 Å². The molecule has 0 aliphatic rings. The minimum atomic E-state index is -0.276. The van der Waals surface area contributed by atoms with Gasteiger partial charge in [0.25, 0.3) is 5.91 Å². The Balaban J connectivity index is 2.30. The van der Waals surface area contributed by atoms with Crippen LogP contribution in [0.2, 0.25) is 0 Å². The molecule has 2 aromatic rings. The molecule has 158 valence electrons. The van der Waals surface area contributed by atoms with Gasteiger partial charge < -0.3 is 24.3 Å². The average molecular weight is 402 g/mol. The fourth-order valence-electron chi connectivity index (χ4n) is 2.74. The Morgan fingerprint density at radius 1 is 0.828 bits per heavy atom. The predicted molar refractivity (Wildman–Crippen MR) is 115 cm³/mol. The molecule has 1 N–H and O–H groups in total. The largest absolute Gasteiger partial charge is 0.491 e. The van der Waals surface area contributed by atoms with Crippen LogP contribution in [0.4, 0.5) is 5.69 Å². The molecule has 0 radical (unpaired) electrons. The molecular weight excluding hydrogens is 370 g/mol. The second-order valence-electron chi connectivity index (χ2n) is 6.25. The summed E-state index contributed by atoms with van der Waals surface area (Å²) >= 11 is 0. The zero-order valence-corrected chi connectivity index (χ0v) is 17.7. The molecule has 29 heavy (non-hydrogen) atoms. The van der Waals surface area contributed by atoms with Gasteiger partial charge in [0.1, 0.15) is 5.75 Å². The first-order valence-corrected chi connectivity index (χ1v) is 10.2. The third-order valence-corrected chi connectivity index (χ3v) is 4.06. The first-order chi connectivity index (χ1) is 14.1. The van der Waals surface area contributed by atoms with E-state index in [2.05, 4.69) is 12.2 Å². The maximum atomic E-state index is 13.0. The Bertz CT molecular complexity index is 764. The molecule has 0 heterocycles. The average Bonchev–Trinajstić information content (AvgIpc) is 2.72. The lowest BCUT2D eigenvalue weighted by Crippen LogP contribution is -2.14. The fourth-order valence-corrected chi connectivity index (χ4v) is 2.74. The van der Waals surface area contributed by atoms with E-state index >= 15 is 0 Å². The lowest BCUT2D eigenvalue weighted by molar-refractivity contribution is 0.102. The van der Waals surface area contributed by atoms with Crippen molar-refractivity contribution in [1.82, 2.24) is 0 Å². The maximum absolute atomic E-state index is 13.0. The van der Waals surface area contributed by atoms with E-state index in [4.69, 9.17) is 18.9 Å². The minimum Gasteiger partial charge on any atom is -0.491 e. The number of unbranched alkanes of at least 4 members (excludes halogenated alkanes) is 1. The quantitative estimate of drug-likeness (QED) is 0.488. The second-order valence-corrected chi connectivity index (χ2v) is 6.25. The number of amides is 1. The Labute approximate surface area is 173 Å². The van der Waals surface area contributed by atoms with Gasteiger partial charge in [-0.15, -0.1) is 0 Å². The molecule has 0 saturated heterocycles. The molecule has 0 aliphatic carbocycles. The van der Waals surface area contributed by atoms with Crippen LogP contribution in [0.5, 0.6) is 23.0 Å². The monoisotopic (exact) mass is 401 g/mol. The maximum Gasteiger partial charge on any atom is 0.256 e. The molecule has 0 unspecified atom stereocenters. The van der Waals surface area contributed by atoms with Crippen LogP contribution in [-0.4, -0.2) is 32.3 Å². The van der Waals surface area contributed by atoms with Gasteiger partial charge in [-0.3, -0.25) is 4.79 Å². The third-order valence-electron chi connectivity index (χ3n) is 4.06. The van der Waals surface area contributed by atoms with Crippen molar-refractivity contribution in [2.45, 2.75) is 40.5 Å². The van der Waals surface area contributed by atoms with E-state index in [9.17, 15) is 4.79 Å². The normalized spacial score (nSPS) is 10.3. The molecule has 6 heteroatoms. The van der Waals surface area contributed by atoms with Crippen molar-refractivity contribution < 1.29 is 23.7 Å². The number of anilines is 1. The molecule has 6 nitrogen and oxygen atoms in total. The van der Waals surface area contributed by atoms with Crippen LogP contribution in [0.3, 0.4) is 0 Å². The SMILES string of the molecule is CCCCOc1ccccc1NC(=O)c1cc(OCC)c(OCC)c(OCC)c1. The smallest absolute Gasteiger partial charge is 0.256 e. The summed E-state index contributed by atoms with van der Waals surface area (Å²) in [5.74, 6) is 1.85. The summed E-state index contributed by atoms with van der Waals surface area (Å²) in [7, 11) is 0.